The third-order valence-corrected chi connectivity index (χ3v) is 3.46. The van der Waals surface area contributed by atoms with E-state index >= 15 is 0 Å². The number of rotatable bonds is 4. The maximum absolute atomic E-state index is 12.1. The van der Waals surface area contributed by atoms with Crippen LogP contribution in [0.5, 0.6) is 5.75 Å². The van der Waals surface area contributed by atoms with Gasteiger partial charge >= 0.3 is 0 Å². The Morgan fingerprint density at radius 1 is 1.04 bits per heavy atom. The van der Waals surface area contributed by atoms with E-state index in [1.165, 1.54) is 27.7 Å². The van der Waals surface area contributed by atoms with Crippen LogP contribution in [0.2, 0.25) is 0 Å². The largest absolute Gasteiger partial charge is 0.504 e. The van der Waals surface area contributed by atoms with Crippen LogP contribution in [0, 0.1) is 0 Å². The van der Waals surface area contributed by atoms with Crippen LogP contribution < -0.4 is 16.4 Å². The van der Waals surface area contributed by atoms with E-state index in [4.69, 9.17) is 0 Å². The molecule has 9 heteroatoms. The number of aromatic nitrogens is 3. The zero-order valence-electron chi connectivity index (χ0n) is 13.5. The van der Waals surface area contributed by atoms with Crippen molar-refractivity contribution < 1.29 is 14.7 Å². The molecule has 0 saturated carbocycles. The third-order valence-electron chi connectivity index (χ3n) is 3.46. The number of nitrogens with zero attached hydrogens (tertiary/aromatic N) is 3. The summed E-state index contributed by atoms with van der Waals surface area (Å²) in [6.45, 7) is -0.260. The quantitative estimate of drug-likeness (QED) is 0.579. The molecule has 2 amide bonds. The first kappa shape index (κ1) is 17.0. The van der Waals surface area contributed by atoms with E-state index in [1.54, 1.807) is 36.4 Å². The van der Waals surface area contributed by atoms with Crippen LogP contribution >= 0.6 is 0 Å². The molecule has 0 bridgehead atoms. The summed E-state index contributed by atoms with van der Waals surface area (Å²) in [5.74, 6) is -1.72. The summed E-state index contributed by atoms with van der Waals surface area (Å²) in [4.78, 5) is 35.5. The molecule has 3 N–H and O–H groups in total. The van der Waals surface area contributed by atoms with Crippen LogP contribution in [0.3, 0.4) is 0 Å². The Morgan fingerprint density at radius 2 is 1.77 bits per heavy atom. The van der Waals surface area contributed by atoms with Crippen LogP contribution in [0.1, 0.15) is 10.5 Å². The lowest BCUT2D eigenvalue weighted by atomic mass is 10.3. The average molecular weight is 353 g/mol. The number of aromatic hydroxyl groups is 1. The van der Waals surface area contributed by atoms with E-state index in [0.717, 1.165) is 0 Å². The molecular weight excluding hydrogens is 338 g/mol. The number of amides is 2. The monoisotopic (exact) mass is 353 g/mol. The number of hydrazine groups is 1. The SMILES string of the molecule is O=C(Cn1ccccc1=O)NNC(=O)c1nn(-c2ccccc2)cc1O. The van der Waals surface area contributed by atoms with Gasteiger partial charge in [-0.25, -0.2) is 4.68 Å². The molecular formula is C17H15N5O4. The highest BCUT2D eigenvalue weighted by atomic mass is 16.3. The first-order valence-electron chi connectivity index (χ1n) is 7.63. The molecule has 0 radical (unpaired) electrons. The van der Waals surface area contributed by atoms with Crippen molar-refractivity contribution in [2.45, 2.75) is 6.54 Å². The van der Waals surface area contributed by atoms with Gasteiger partial charge in [0.05, 0.1) is 11.9 Å². The number of pyridine rings is 1. The van der Waals surface area contributed by atoms with Crippen molar-refractivity contribution in [3.05, 3.63) is 77.0 Å². The van der Waals surface area contributed by atoms with E-state index in [9.17, 15) is 19.5 Å². The van der Waals surface area contributed by atoms with Crippen LogP contribution in [0.4, 0.5) is 0 Å². The summed E-state index contributed by atoms with van der Waals surface area (Å²) < 4.78 is 2.53. The highest BCUT2D eigenvalue weighted by Gasteiger charge is 2.17. The van der Waals surface area contributed by atoms with Crippen molar-refractivity contribution in [1.82, 2.24) is 25.2 Å². The molecule has 0 aliphatic rings. The molecule has 1 aromatic carbocycles. The van der Waals surface area contributed by atoms with Gasteiger partial charge in [-0.05, 0) is 18.2 Å². The smallest absolute Gasteiger partial charge is 0.294 e. The number of para-hydroxylation sites is 1. The van der Waals surface area contributed by atoms with Gasteiger partial charge in [0.1, 0.15) is 6.54 Å². The lowest BCUT2D eigenvalue weighted by Crippen LogP contribution is -2.44. The predicted octanol–water partition coefficient (Wildman–Crippen LogP) is 0.201. The standard InChI is InChI=1S/C17H15N5O4/c23-13-10-22(12-6-2-1-3-7-12)20-16(13)17(26)19-18-14(24)11-21-9-5-4-8-15(21)25/h1-10,23H,11H2,(H,18,24)(H,19,26). The second-order valence-corrected chi connectivity index (χ2v) is 5.31. The molecule has 132 valence electrons. The number of benzene rings is 1. The number of hydrogen-bond donors (Lipinski definition) is 3. The fourth-order valence-electron chi connectivity index (χ4n) is 2.21. The summed E-state index contributed by atoms with van der Waals surface area (Å²) in [6, 6.07) is 13.4. The average Bonchev–Trinajstić information content (AvgIpc) is 3.04. The van der Waals surface area contributed by atoms with E-state index < -0.39 is 11.8 Å². The van der Waals surface area contributed by atoms with E-state index in [-0.39, 0.29) is 23.5 Å². The lowest BCUT2D eigenvalue weighted by Gasteiger charge is -2.07. The highest BCUT2D eigenvalue weighted by Crippen LogP contribution is 2.17. The van der Waals surface area contributed by atoms with E-state index in [1.807, 2.05) is 6.07 Å². The molecule has 0 unspecified atom stereocenters. The van der Waals surface area contributed by atoms with Crippen molar-refractivity contribution in [2.24, 2.45) is 0 Å². The van der Waals surface area contributed by atoms with Crippen molar-refractivity contribution in [3.63, 3.8) is 0 Å². The zero-order valence-corrected chi connectivity index (χ0v) is 13.5. The maximum atomic E-state index is 12.1. The van der Waals surface area contributed by atoms with Crippen LogP contribution in [-0.2, 0) is 11.3 Å². The third kappa shape index (κ3) is 3.78. The Balaban J connectivity index is 1.63. The van der Waals surface area contributed by atoms with Crippen LogP contribution in [0.15, 0.2) is 65.7 Å². The molecule has 3 aromatic rings. The molecule has 3 rings (SSSR count). The number of nitrogens with one attached hydrogen (secondary N) is 2. The predicted molar refractivity (Wildman–Crippen MR) is 91.5 cm³/mol. The molecule has 2 aromatic heterocycles. The molecule has 26 heavy (non-hydrogen) atoms. The normalized spacial score (nSPS) is 10.3. The van der Waals surface area contributed by atoms with Crippen molar-refractivity contribution in [2.75, 3.05) is 0 Å². The molecule has 0 saturated heterocycles. The number of hydrogen-bond acceptors (Lipinski definition) is 5. The molecule has 0 aliphatic carbocycles. The number of carbonyl (C=O) groups is 2. The highest BCUT2D eigenvalue weighted by molar-refractivity contribution is 5.95. The minimum Gasteiger partial charge on any atom is -0.504 e. The fraction of sp³-hybridized carbons (Fsp3) is 0.0588. The van der Waals surface area contributed by atoms with Gasteiger partial charge in [-0.3, -0.25) is 25.2 Å². The molecule has 0 aliphatic heterocycles. The first-order valence-corrected chi connectivity index (χ1v) is 7.63. The summed E-state index contributed by atoms with van der Waals surface area (Å²) in [5.41, 5.74) is 4.41. The maximum Gasteiger partial charge on any atom is 0.294 e. The van der Waals surface area contributed by atoms with Gasteiger partial charge in [-0.2, -0.15) is 5.10 Å². The lowest BCUT2D eigenvalue weighted by molar-refractivity contribution is -0.122. The zero-order chi connectivity index (χ0) is 18.5. The molecule has 2 heterocycles. The molecule has 9 nitrogen and oxygen atoms in total. The van der Waals surface area contributed by atoms with E-state index in [2.05, 4.69) is 16.0 Å². The minimum atomic E-state index is -0.786. The topological polar surface area (TPSA) is 118 Å². The van der Waals surface area contributed by atoms with Gasteiger partial charge in [0, 0.05) is 12.3 Å². The molecule has 0 spiro atoms. The van der Waals surface area contributed by atoms with Gasteiger partial charge in [0.15, 0.2) is 11.4 Å². The Bertz CT molecular complexity index is 994. The summed E-state index contributed by atoms with van der Waals surface area (Å²) in [7, 11) is 0. The Hall–Kier alpha value is -3.88. The van der Waals surface area contributed by atoms with Gasteiger partial charge in [0.25, 0.3) is 17.4 Å². The van der Waals surface area contributed by atoms with Gasteiger partial charge in [0.2, 0.25) is 0 Å². The van der Waals surface area contributed by atoms with Gasteiger partial charge in [-0.1, -0.05) is 24.3 Å². The van der Waals surface area contributed by atoms with Gasteiger partial charge < -0.3 is 9.67 Å². The Kier molecular flexibility index (Phi) is 4.79. The summed E-state index contributed by atoms with van der Waals surface area (Å²) in [5, 5.41) is 13.9. The second kappa shape index (κ2) is 7.34. The molecule has 0 atom stereocenters. The number of carbonyl (C=O) groups excluding carboxylic acids is 2. The van der Waals surface area contributed by atoms with E-state index in [0.29, 0.717) is 5.69 Å². The Labute approximate surface area is 147 Å². The fourth-order valence-corrected chi connectivity index (χ4v) is 2.21. The van der Waals surface area contributed by atoms with Gasteiger partial charge in [-0.15, -0.1) is 0 Å². The molecule has 0 fully saturated rings. The van der Waals surface area contributed by atoms with Crippen LogP contribution in [0.25, 0.3) is 5.69 Å². The van der Waals surface area contributed by atoms with Crippen LogP contribution in [-0.4, -0.2) is 31.3 Å². The minimum absolute atomic E-state index is 0.244. The van der Waals surface area contributed by atoms with Crippen molar-refractivity contribution in [3.8, 4) is 11.4 Å². The summed E-state index contributed by atoms with van der Waals surface area (Å²) >= 11 is 0. The summed E-state index contributed by atoms with van der Waals surface area (Å²) in [6.07, 6.45) is 2.74. The second-order valence-electron chi connectivity index (χ2n) is 5.31. The van der Waals surface area contributed by atoms with Crippen molar-refractivity contribution >= 4 is 11.8 Å². The van der Waals surface area contributed by atoms with Crippen molar-refractivity contribution in [1.29, 1.82) is 0 Å². The Morgan fingerprint density at radius 3 is 2.50 bits per heavy atom. The first-order chi connectivity index (χ1) is 12.5.